The third-order valence-corrected chi connectivity index (χ3v) is 6.49. The number of sulfonamides is 1. The zero-order valence-electron chi connectivity index (χ0n) is 13.6. The molecule has 0 saturated carbocycles. The number of hydrogen-bond donors (Lipinski definition) is 1. The summed E-state index contributed by atoms with van der Waals surface area (Å²) in [6.07, 6.45) is 5.38. The summed E-state index contributed by atoms with van der Waals surface area (Å²) in [6.45, 7) is 1.20. The molecule has 1 amide bonds. The Morgan fingerprint density at radius 1 is 1.12 bits per heavy atom. The van der Waals surface area contributed by atoms with Crippen LogP contribution in [0, 0.1) is 0 Å². The quantitative estimate of drug-likeness (QED) is 0.832. The predicted octanol–water partition coefficient (Wildman–Crippen LogP) is 0.345. The summed E-state index contributed by atoms with van der Waals surface area (Å²) in [7, 11) is -3.64. The number of amides is 1. The van der Waals surface area contributed by atoms with Crippen LogP contribution in [0.4, 0.5) is 0 Å². The van der Waals surface area contributed by atoms with E-state index in [0.717, 1.165) is 12.8 Å². The minimum absolute atomic E-state index is 0.153. The van der Waals surface area contributed by atoms with E-state index in [0.29, 0.717) is 25.1 Å². The molecular formula is C16H19N5O3S. The Morgan fingerprint density at radius 2 is 1.80 bits per heavy atom. The third-order valence-electron chi connectivity index (χ3n) is 4.92. The Labute approximate surface area is 145 Å². The molecule has 2 aromatic rings. The first-order valence-electron chi connectivity index (χ1n) is 8.28. The molecule has 2 aliphatic rings. The van der Waals surface area contributed by atoms with Gasteiger partial charge in [0.25, 0.3) is 0 Å². The molecule has 2 aliphatic heterocycles. The Balaban J connectivity index is 1.46. The molecule has 132 valence electrons. The van der Waals surface area contributed by atoms with Gasteiger partial charge in [-0.25, -0.2) is 8.42 Å². The molecule has 0 aliphatic carbocycles. The summed E-state index contributed by atoms with van der Waals surface area (Å²) in [4.78, 5) is 14.8. The lowest BCUT2D eigenvalue weighted by Crippen LogP contribution is -2.53. The van der Waals surface area contributed by atoms with Crippen molar-refractivity contribution in [3.8, 4) is 0 Å². The van der Waals surface area contributed by atoms with Gasteiger partial charge < -0.3 is 9.47 Å². The van der Waals surface area contributed by atoms with Crippen molar-refractivity contribution < 1.29 is 13.2 Å². The number of carbonyl (C=O) groups is 1. The maximum atomic E-state index is 12.8. The molecule has 1 N–H and O–H groups in total. The molecule has 1 fully saturated rings. The van der Waals surface area contributed by atoms with E-state index < -0.39 is 16.1 Å². The lowest BCUT2D eigenvalue weighted by Gasteiger charge is -2.35. The number of nitrogens with zero attached hydrogens (tertiary/aromatic N) is 4. The number of rotatable bonds is 2. The number of carbonyl (C=O) groups excluding carboxylic acids is 1. The Kier molecular flexibility index (Phi) is 4.04. The predicted molar refractivity (Wildman–Crippen MR) is 89.1 cm³/mol. The molecule has 0 unspecified atom stereocenters. The molecule has 4 rings (SSSR count). The van der Waals surface area contributed by atoms with E-state index in [1.807, 2.05) is 4.57 Å². The van der Waals surface area contributed by atoms with Crippen LogP contribution in [0.15, 0.2) is 41.8 Å². The minimum Gasteiger partial charge on any atom is -0.341 e. The molecule has 0 spiro atoms. The van der Waals surface area contributed by atoms with Gasteiger partial charge in [-0.2, -0.15) is 4.72 Å². The first-order valence-corrected chi connectivity index (χ1v) is 9.76. The summed E-state index contributed by atoms with van der Waals surface area (Å²) in [5.41, 5.74) is 0.693. The molecule has 8 nitrogen and oxygen atoms in total. The zero-order chi connectivity index (χ0) is 17.4. The normalized spacial score (nSPS) is 23.2. The van der Waals surface area contributed by atoms with E-state index in [-0.39, 0.29) is 16.8 Å². The smallest absolute Gasteiger partial charge is 0.241 e. The van der Waals surface area contributed by atoms with Crippen molar-refractivity contribution in [2.45, 2.75) is 36.2 Å². The van der Waals surface area contributed by atoms with Gasteiger partial charge in [0.1, 0.15) is 18.7 Å². The SMILES string of the molecule is O=C([C@@H]1Cc2ccccc2S(=O)(=O)N1)N1CCC(n2cnnc2)CC1. The summed E-state index contributed by atoms with van der Waals surface area (Å²) >= 11 is 0. The van der Waals surface area contributed by atoms with Crippen molar-refractivity contribution in [1.82, 2.24) is 24.4 Å². The number of piperidine rings is 1. The van der Waals surface area contributed by atoms with Crippen molar-refractivity contribution in [2.75, 3.05) is 13.1 Å². The summed E-state index contributed by atoms with van der Waals surface area (Å²) in [5.74, 6) is -0.153. The van der Waals surface area contributed by atoms with Crippen LogP contribution in [0.5, 0.6) is 0 Å². The Hall–Kier alpha value is -2.26. The van der Waals surface area contributed by atoms with E-state index in [4.69, 9.17) is 0 Å². The van der Waals surface area contributed by atoms with Gasteiger partial charge in [-0.3, -0.25) is 4.79 Å². The number of hydrogen-bond acceptors (Lipinski definition) is 5. The second-order valence-electron chi connectivity index (χ2n) is 6.45. The van der Waals surface area contributed by atoms with Crippen molar-refractivity contribution in [3.05, 3.63) is 42.5 Å². The second kappa shape index (κ2) is 6.23. The van der Waals surface area contributed by atoms with Gasteiger partial charge in [0.15, 0.2) is 0 Å². The van der Waals surface area contributed by atoms with Crippen molar-refractivity contribution in [2.24, 2.45) is 0 Å². The zero-order valence-corrected chi connectivity index (χ0v) is 14.4. The van der Waals surface area contributed by atoms with Gasteiger partial charge in [-0.15, -0.1) is 10.2 Å². The average molecular weight is 361 g/mol. The number of aromatic nitrogens is 3. The third kappa shape index (κ3) is 3.05. The van der Waals surface area contributed by atoms with Gasteiger partial charge in [0.05, 0.1) is 4.90 Å². The lowest BCUT2D eigenvalue weighted by atomic mass is 10.0. The van der Waals surface area contributed by atoms with Crippen LogP contribution in [0.3, 0.4) is 0 Å². The van der Waals surface area contributed by atoms with Crippen LogP contribution < -0.4 is 4.72 Å². The van der Waals surface area contributed by atoms with Gasteiger partial charge in [0.2, 0.25) is 15.9 Å². The van der Waals surface area contributed by atoms with Gasteiger partial charge in [-0.05, 0) is 30.9 Å². The van der Waals surface area contributed by atoms with Crippen LogP contribution >= 0.6 is 0 Å². The van der Waals surface area contributed by atoms with E-state index in [1.165, 1.54) is 0 Å². The average Bonchev–Trinajstić information content (AvgIpc) is 3.15. The molecule has 1 saturated heterocycles. The van der Waals surface area contributed by atoms with E-state index in [1.54, 1.807) is 41.8 Å². The van der Waals surface area contributed by atoms with Crippen LogP contribution in [-0.4, -0.2) is 53.1 Å². The van der Waals surface area contributed by atoms with Crippen molar-refractivity contribution in [1.29, 1.82) is 0 Å². The fraction of sp³-hybridized carbons (Fsp3) is 0.438. The molecule has 25 heavy (non-hydrogen) atoms. The van der Waals surface area contributed by atoms with Crippen LogP contribution in [-0.2, 0) is 21.2 Å². The molecule has 1 atom stereocenters. The molecule has 9 heteroatoms. The highest BCUT2D eigenvalue weighted by Crippen LogP contribution is 2.26. The van der Waals surface area contributed by atoms with Crippen LogP contribution in [0.2, 0.25) is 0 Å². The van der Waals surface area contributed by atoms with Gasteiger partial charge >= 0.3 is 0 Å². The van der Waals surface area contributed by atoms with Gasteiger partial charge in [-0.1, -0.05) is 18.2 Å². The van der Waals surface area contributed by atoms with Crippen LogP contribution in [0.1, 0.15) is 24.4 Å². The summed E-state index contributed by atoms with van der Waals surface area (Å²) in [5, 5.41) is 7.64. The highest BCUT2D eigenvalue weighted by Gasteiger charge is 2.36. The number of fused-ring (bicyclic) bond motifs is 1. The second-order valence-corrected chi connectivity index (χ2v) is 8.13. The van der Waals surface area contributed by atoms with Crippen LogP contribution in [0.25, 0.3) is 0 Å². The fourth-order valence-electron chi connectivity index (χ4n) is 3.59. The molecule has 1 aromatic heterocycles. The van der Waals surface area contributed by atoms with E-state index in [9.17, 15) is 13.2 Å². The minimum atomic E-state index is -3.64. The molecule has 0 bridgehead atoms. The van der Waals surface area contributed by atoms with E-state index >= 15 is 0 Å². The largest absolute Gasteiger partial charge is 0.341 e. The first-order chi connectivity index (χ1) is 12.0. The van der Waals surface area contributed by atoms with Gasteiger partial charge in [0, 0.05) is 19.1 Å². The fourth-order valence-corrected chi connectivity index (χ4v) is 5.03. The summed E-state index contributed by atoms with van der Waals surface area (Å²) < 4.78 is 29.3. The Morgan fingerprint density at radius 3 is 2.52 bits per heavy atom. The standard InChI is InChI=1S/C16H19N5O3S/c22-16(20-7-5-13(6-8-20)21-10-17-18-11-21)14-9-12-3-1-2-4-15(12)25(23,24)19-14/h1-4,10-11,13-14,19H,5-9H2/t14-/m0/s1. The lowest BCUT2D eigenvalue weighted by molar-refractivity contribution is -0.134. The number of likely N-dealkylation sites (tertiary alicyclic amines) is 1. The molecule has 0 radical (unpaired) electrons. The highest BCUT2D eigenvalue weighted by atomic mass is 32.2. The molecule has 3 heterocycles. The number of nitrogens with one attached hydrogen (secondary N) is 1. The molecular weight excluding hydrogens is 342 g/mol. The maximum absolute atomic E-state index is 12.8. The highest BCUT2D eigenvalue weighted by molar-refractivity contribution is 7.89. The monoisotopic (exact) mass is 361 g/mol. The Bertz CT molecular complexity index is 873. The van der Waals surface area contributed by atoms with E-state index in [2.05, 4.69) is 14.9 Å². The topological polar surface area (TPSA) is 97.2 Å². The number of benzene rings is 1. The van der Waals surface area contributed by atoms with Crippen molar-refractivity contribution >= 4 is 15.9 Å². The molecule has 1 aromatic carbocycles. The van der Waals surface area contributed by atoms with Crippen molar-refractivity contribution in [3.63, 3.8) is 0 Å². The first kappa shape index (κ1) is 16.2. The maximum Gasteiger partial charge on any atom is 0.241 e. The summed E-state index contributed by atoms with van der Waals surface area (Å²) in [6, 6.07) is 6.38.